The van der Waals surface area contributed by atoms with Crippen LogP contribution in [0.1, 0.15) is 25.5 Å². The van der Waals surface area contributed by atoms with Crippen LogP contribution >= 0.6 is 0 Å². The SMILES string of the molecule is CC(C)O[C@H]1NC(=O)[C@@H](F)[C@@H](c2ccccc2)O1. The second-order valence-corrected chi connectivity index (χ2v) is 4.39. The quantitative estimate of drug-likeness (QED) is 0.895. The molecule has 1 fully saturated rings. The van der Waals surface area contributed by atoms with E-state index in [1.165, 1.54) is 0 Å². The summed E-state index contributed by atoms with van der Waals surface area (Å²) in [6, 6.07) is 8.82. The number of nitrogens with one attached hydrogen (secondary N) is 1. The Labute approximate surface area is 105 Å². The monoisotopic (exact) mass is 253 g/mol. The number of carbonyl (C=O) groups is 1. The van der Waals surface area contributed by atoms with Crippen LogP contribution in [-0.2, 0) is 14.3 Å². The molecule has 1 N–H and O–H groups in total. The molecule has 1 amide bonds. The Morgan fingerprint density at radius 2 is 2.00 bits per heavy atom. The fourth-order valence-corrected chi connectivity index (χ4v) is 1.77. The molecule has 0 radical (unpaired) electrons. The largest absolute Gasteiger partial charge is 0.333 e. The first-order valence-corrected chi connectivity index (χ1v) is 5.88. The van der Waals surface area contributed by atoms with Crippen molar-refractivity contribution in [2.24, 2.45) is 0 Å². The highest BCUT2D eigenvalue weighted by Crippen LogP contribution is 2.28. The zero-order chi connectivity index (χ0) is 13.1. The molecule has 0 bridgehead atoms. The van der Waals surface area contributed by atoms with Crippen LogP contribution in [0.15, 0.2) is 30.3 Å². The molecule has 1 aliphatic rings. The predicted molar refractivity (Wildman–Crippen MR) is 63.3 cm³/mol. The van der Waals surface area contributed by atoms with Gasteiger partial charge >= 0.3 is 0 Å². The Morgan fingerprint density at radius 3 is 2.61 bits per heavy atom. The van der Waals surface area contributed by atoms with Gasteiger partial charge in [0, 0.05) is 0 Å². The Kier molecular flexibility index (Phi) is 3.93. The summed E-state index contributed by atoms with van der Waals surface area (Å²) in [6.07, 6.45) is -3.68. The first-order chi connectivity index (χ1) is 8.58. The number of benzene rings is 1. The second-order valence-electron chi connectivity index (χ2n) is 4.39. The van der Waals surface area contributed by atoms with Crippen LogP contribution in [0.2, 0.25) is 0 Å². The minimum Gasteiger partial charge on any atom is -0.333 e. The summed E-state index contributed by atoms with van der Waals surface area (Å²) in [5.41, 5.74) is 0.622. The topological polar surface area (TPSA) is 47.6 Å². The molecule has 2 rings (SSSR count). The van der Waals surface area contributed by atoms with Crippen molar-refractivity contribution in [1.29, 1.82) is 0 Å². The molecular weight excluding hydrogens is 237 g/mol. The van der Waals surface area contributed by atoms with Crippen molar-refractivity contribution in [2.75, 3.05) is 0 Å². The number of hydrogen-bond donors (Lipinski definition) is 1. The van der Waals surface area contributed by atoms with Gasteiger partial charge in [-0.2, -0.15) is 0 Å². The van der Waals surface area contributed by atoms with Gasteiger partial charge in [-0.25, -0.2) is 4.39 Å². The molecule has 0 aromatic heterocycles. The number of amides is 1. The molecule has 0 aliphatic carbocycles. The summed E-state index contributed by atoms with van der Waals surface area (Å²) in [6.45, 7) is 3.63. The average molecular weight is 253 g/mol. The van der Waals surface area contributed by atoms with Gasteiger partial charge in [-0.05, 0) is 19.4 Å². The van der Waals surface area contributed by atoms with Crippen LogP contribution in [-0.4, -0.2) is 24.6 Å². The van der Waals surface area contributed by atoms with E-state index in [2.05, 4.69) is 5.32 Å². The van der Waals surface area contributed by atoms with Crippen molar-refractivity contribution >= 4 is 5.91 Å². The van der Waals surface area contributed by atoms with Gasteiger partial charge in [0.05, 0.1) is 6.10 Å². The Hall–Kier alpha value is -1.46. The van der Waals surface area contributed by atoms with Crippen molar-refractivity contribution < 1.29 is 18.7 Å². The van der Waals surface area contributed by atoms with Crippen LogP contribution < -0.4 is 5.32 Å². The zero-order valence-corrected chi connectivity index (χ0v) is 10.3. The van der Waals surface area contributed by atoms with E-state index in [4.69, 9.17) is 9.47 Å². The van der Waals surface area contributed by atoms with Crippen molar-refractivity contribution in [1.82, 2.24) is 5.32 Å². The highest BCUT2D eigenvalue weighted by molar-refractivity contribution is 5.82. The standard InChI is InChI=1S/C13H16FNO3/c1-8(2)17-13-15-12(16)10(14)11(18-13)9-6-4-3-5-7-9/h3-8,10-11,13H,1-2H3,(H,15,16)/t10-,11+,13+/m0/s1. The number of ether oxygens (including phenoxy) is 2. The molecule has 1 aromatic rings. The average Bonchev–Trinajstić information content (AvgIpc) is 2.34. The molecule has 1 aromatic carbocycles. The molecule has 1 heterocycles. The molecule has 3 atom stereocenters. The third-order valence-corrected chi connectivity index (χ3v) is 2.57. The van der Waals surface area contributed by atoms with E-state index in [9.17, 15) is 9.18 Å². The summed E-state index contributed by atoms with van der Waals surface area (Å²) in [7, 11) is 0. The van der Waals surface area contributed by atoms with Crippen molar-refractivity contribution in [3.63, 3.8) is 0 Å². The fourth-order valence-electron chi connectivity index (χ4n) is 1.77. The predicted octanol–water partition coefficient (Wildman–Crippen LogP) is 1.92. The van der Waals surface area contributed by atoms with Gasteiger partial charge < -0.3 is 14.8 Å². The van der Waals surface area contributed by atoms with E-state index in [-0.39, 0.29) is 6.10 Å². The van der Waals surface area contributed by atoms with Gasteiger partial charge in [-0.3, -0.25) is 4.79 Å². The van der Waals surface area contributed by atoms with E-state index < -0.39 is 24.6 Å². The number of carbonyl (C=O) groups excluding carboxylic acids is 1. The summed E-state index contributed by atoms with van der Waals surface area (Å²) >= 11 is 0. The summed E-state index contributed by atoms with van der Waals surface area (Å²) < 4.78 is 24.6. The van der Waals surface area contributed by atoms with E-state index in [1.807, 2.05) is 19.9 Å². The maximum absolute atomic E-state index is 13.8. The molecule has 1 aliphatic heterocycles. The Balaban J connectivity index is 2.15. The molecule has 1 saturated heterocycles. The molecule has 98 valence electrons. The highest BCUT2D eigenvalue weighted by atomic mass is 19.1. The van der Waals surface area contributed by atoms with Crippen molar-refractivity contribution in [3.8, 4) is 0 Å². The van der Waals surface area contributed by atoms with Crippen LogP contribution in [0.3, 0.4) is 0 Å². The van der Waals surface area contributed by atoms with Crippen LogP contribution in [0, 0.1) is 0 Å². The minimum atomic E-state index is -1.72. The van der Waals surface area contributed by atoms with Gasteiger partial charge in [0.2, 0.25) is 12.6 Å². The molecule has 0 saturated carbocycles. The smallest absolute Gasteiger partial charge is 0.261 e. The number of alkyl halides is 1. The van der Waals surface area contributed by atoms with Crippen molar-refractivity contribution in [3.05, 3.63) is 35.9 Å². The first-order valence-electron chi connectivity index (χ1n) is 5.88. The van der Waals surface area contributed by atoms with Gasteiger partial charge in [-0.1, -0.05) is 30.3 Å². The fraction of sp³-hybridized carbons (Fsp3) is 0.462. The lowest BCUT2D eigenvalue weighted by atomic mass is 10.0. The molecule has 18 heavy (non-hydrogen) atoms. The maximum atomic E-state index is 13.8. The Bertz CT molecular complexity index is 410. The third kappa shape index (κ3) is 2.86. The summed E-state index contributed by atoms with van der Waals surface area (Å²) in [5, 5.41) is 2.34. The number of hydrogen-bond acceptors (Lipinski definition) is 3. The molecule has 0 unspecified atom stereocenters. The normalized spacial score (nSPS) is 28.2. The van der Waals surface area contributed by atoms with E-state index in [0.29, 0.717) is 5.56 Å². The van der Waals surface area contributed by atoms with Crippen LogP contribution in [0.25, 0.3) is 0 Å². The minimum absolute atomic E-state index is 0.122. The van der Waals surface area contributed by atoms with Gasteiger partial charge in [0.25, 0.3) is 5.91 Å². The lowest BCUT2D eigenvalue weighted by molar-refractivity contribution is -0.235. The van der Waals surface area contributed by atoms with Crippen molar-refractivity contribution in [2.45, 2.75) is 38.6 Å². The van der Waals surface area contributed by atoms with Gasteiger partial charge in [-0.15, -0.1) is 0 Å². The van der Waals surface area contributed by atoms with E-state index in [0.717, 1.165) is 0 Å². The number of halogens is 1. The highest BCUT2D eigenvalue weighted by Gasteiger charge is 2.39. The number of rotatable bonds is 3. The second kappa shape index (κ2) is 5.46. The van der Waals surface area contributed by atoms with Gasteiger partial charge in [0.1, 0.15) is 6.10 Å². The molecular formula is C13H16FNO3. The van der Waals surface area contributed by atoms with Gasteiger partial charge in [0.15, 0.2) is 0 Å². The summed E-state index contributed by atoms with van der Waals surface area (Å²) in [5.74, 6) is -0.708. The lowest BCUT2D eigenvalue weighted by Gasteiger charge is -2.33. The summed E-state index contributed by atoms with van der Waals surface area (Å²) in [4.78, 5) is 11.5. The first kappa shape index (κ1) is 13.0. The zero-order valence-electron chi connectivity index (χ0n) is 10.3. The third-order valence-electron chi connectivity index (χ3n) is 2.57. The molecule has 4 nitrogen and oxygen atoms in total. The molecule has 0 spiro atoms. The Morgan fingerprint density at radius 1 is 1.33 bits per heavy atom. The van der Waals surface area contributed by atoms with E-state index >= 15 is 0 Å². The molecule has 5 heteroatoms. The van der Waals surface area contributed by atoms with Crippen LogP contribution in [0.5, 0.6) is 0 Å². The van der Waals surface area contributed by atoms with Crippen LogP contribution in [0.4, 0.5) is 4.39 Å². The maximum Gasteiger partial charge on any atom is 0.261 e. The lowest BCUT2D eigenvalue weighted by Crippen LogP contribution is -2.52. The van der Waals surface area contributed by atoms with E-state index in [1.54, 1.807) is 24.3 Å².